The number of hydrogen-bond acceptors (Lipinski definition) is 1. The van der Waals surface area contributed by atoms with Crippen LogP contribution in [0.15, 0.2) is 24.3 Å². The fourth-order valence-corrected chi connectivity index (χ4v) is 3.66. The van der Waals surface area contributed by atoms with Crippen LogP contribution in [0.5, 0.6) is 0 Å². The molecule has 1 unspecified atom stereocenters. The summed E-state index contributed by atoms with van der Waals surface area (Å²) in [6.07, 6.45) is 6.91. The lowest BCUT2D eigenvalue weighted by molar-refractivity contribution is 0.300. The maximum absolute atomic E-state index is 3.84. The van der Waals surface area contributed by atoms with Crippen molar-refractivity contribution in [1.82, 2.24) is 5.32 Å². The smallest absolute Gasteiger partial charge is 0.0213 e. The molecular weight excluding hydrogens is 230 g/mol. The van der Waals surface area contributed by atoms with Crippen LogP contribution in [-0.4, -0.2) is 5.54 Å². The molecule has 1 spiro atoms. The van der Waals surface area contributed by atoms with Crippen LogP contribution in [0, 0.1) is 0 Å². The molecule has 0 saturated heterocycles. The molecule has 0 aromatic heterocycles. The van der Waals surface area contributed by atoms with Gasteiger partial charge in [0.15, 0.2) is 0 Å². The SMILES string of the molecule is CC1CC2(CCCC2)NCc2ccccc21.Cl. The lowest BCUT2D eigenvalue weighted by Crippen LogP contribution is -2.41. The predicted molar refractivity (Wildman–Crippen MR) is 74.8 cm³/mol. The highest BCUT2D eigenvalue weighted by molar-refractivity contribution is 5.85. The van der Waals surface area contributed by atoms with Gasteiger partial charge in [0.25, 0.3) is 0 Å². The van der Waals surface area contributed by atoms with Crippen LogP contribution in [0.3, 0.4) is 0 Å². The van der Waals surface area contributed by atoms with Gasteiger partial charge in [-0.3, -0.25) is 0 Å². The number of nitrogens with one attached hydrogen (secondary N) is 1. The van der Waals surface area contributed by atoms with Crippen LogP contribution >= 0.6 is 12.4 Å². The van der Waals surface area contributed by atoms with Crippen LogP contribution in [0.25, 0.3) is 0 Å². The van der Waals surface area contributed by atoms with Crippen LogP contribution in [0.1, 0.15) is 56.1 Å². The summed E-state index contributed by atoms with van der Waals surface area (Å²) in [4.78, 5) is 0. The second-order valence-electron chi connectivity index (χ2n) is 5.64. The maximum atomic E-state index is 3.84. The highest BCUT2D eigenvalue weighted by Crippen LogP contribution is 2.40. The molecular formula is C15H22ClN. The molecule has 1 N–H and O–H groups in total. The van der Waals surface area contributed by atoms with Gasteiger partial charge in [-0.1, -0.05) is 44.0 Å². The van der Waals surface area contributed by atoms with E-state index in [1.54, 1.807) is 5.56 Å². The van der Waals surface area contributed by atoms with E-state index in [1.807, 2.05) is 0 Å². The van der Waals surface area contributed by atoms with E-state index in [1.165, 1.54) is 37.7 Å². The van der Waals surface area contributed by atoms with Gasteiger partial charge >= 0.3 is 0 Å². The normalized spacial score (nSPS) is 26.1. The third kappa shape index (κ3) is 2.36. The topological polar surface area (TPSA) is 12.0 Å². The summed E-state index contributed by atoms with van der Waals surface area (Å²) >= 11 is 0. The van der Waals surface area contributed by atoms with Crippen LogP contribution < -0.4 is 5.32 Å². The van der Waals surface area contributed by atoms with E-state index in [9.17, 15) is 0 Å². The second-order valence-corrected chi connectivity index (χ2v) is 5.64. The first kappa shape index (κ1) is 12.9. The molecule has 0 amide bonds. The van der Waals surface area contributed by atoms with Gasteiger partial charge in [0, 0.05) is 12.1 Å². The molecule has 1 aliphatic carbocycles. The number of hydrogen-bond donors (Lipinski definition) is 1. The summed E-state index contributed by atoms with van der Waals surface area (Å²) in [7, 11) is 0. The molecule has 1 heterocycles. The zero-order chi connectivity index (χ0) is 11.0. The molecule has 1 aliphatic heterocycles. The van der Waals surface area contributed by atoms with Crippen molar-refractivity contribution in [3.63, 3.8) is 0 Å². The molecule has 2 heteroatoms. The fraction of sp³-hybridized carbons (Fsp3) is 0.600. The molecule has 0 bridgehead atoms. The first-order chi connectivity index (χ1) is 7.79. The zero-order valence-corrected chi connectivity index (χ0v) is 11.4. The van der Waals surface area contributed by atoms with Gasteiger partial charge in [-0.05, 0) is 36.3 Å². The molecule has 1 saturated carbocycles. The van der Waals surface area contributed by atoms with Gasteiger partial charge in [-0.25, -0.2) is 0 Å². The highest BCUT2D eigenvalue weighted by atomic mass is 35.5. The van der Waals surface area contributed by atoms with E-state index in [4.69, 9.17) is 0 Å². The monoisotopic (exact) mass is 251 g/mol. The number of rotatable bonds is 0. The first-order valence-corrected chi connectivity index (χ1v) is 6.62. The summed E-state index contributed by atoms with van der Waals surface area (Å²) in [6, 6.07) is 8.95. The molecule has 1 nitrogen and oxygen atoms in total. The van der Waals surface area contributed by atoms with E-state index < -0.39 is 0 Å². The maximum Gasteiger partial charge on any atom is 0.0213 e. The Labute approximate surface area is 110 Å². The summed E-state index contributed by atoms with van der Waals surface area (Å²) in [5, 5.41) is 3.84. The predicted octanol–water partition coefficient (Wildman–Crippen LogP) is 4.02. The summed E-state index contributed by atoms with van der Waals surface area (Å²) in [6.45, 7) is 3.46. The summed E-state index contributed by atoms with van der Waals surface area (Å²) in [5.41, 5.74) is 3.54. The summed E-state index contributed by atoms with van der Waals surface area (Å²) < 4.78 is 0. The minimum atomic E-state index is 0. The van der Waals surface area contributed by atoms with Crippen LogP contribution in [0.4, 0.5) is 0 Å². The van der Waals surface area contributed by atoms with Crippen molar-refractivity contribution in [2.75, 3.05) is 0 Å². The lowest BCUT2D eigenvalue weighted by atomic mass is 9.84. The van der Waals surface area contributed by atoms with Gasteiger partial charge < -0.3 is 5.32 Å². The highest BCUT2D eigenvalue weighted by Gasteiger charge is 2.36. The van der Waals surface area contributed by atoms with Crippen molar-refractivity contribution < 1.29 is 0 Å². The molecule has 94 valence electrons. The fourth-order valence-electron chi connectivity index (χ4n) is 3.66. The molecule has 1 fully saturated rings. The Bertz CT molecular complexity index is 382. The second kappa shape index (κ2) is 4.99. The molecule has 17 heavy (non-hydrogen) atoms. The van der Waals surface area contributed by atoms with Crippen molar-refractivity contribution >= 4 is 12.4 Å². The van der Waals surface area contributed by atoms with Crippen molar-refractivity contribution in [3.8, 4) is 0 Å². The van der Waals surface area contributed by atoms with Crippen molar-refractivity contribution in [1.29, 1.82) is 0 Å². The molecule has 1 aromatic carbocycles. The van der Waals surface area contributed by atoms with Crippen molar-refractivity contribution in [3.05, 3.63) is 35.4 Å². The molecule has 3 rings (SSSR count). The van der Waals surface area contributed by atoms with E-state index in [0.717, 1.165) is 6.54 Å². The Morgan fingerprint density at radius 2 is 1.88 bits per heavy atom. The van der Waals surface area contributed by atoms with Gasteiger partial charge in [0.2, 0.25) is 0 Å². The summed E-state index contributed by atoms with van der Waals surface area (Å²) in [5.74, 6) is 0.712. The Morgan fingerprint density at radius 3 is 2.65 bits per heavy atom. The first-order valence-electron chi connectivity index (χ1n) is 6.62. The van der Waals surface area contributed by atoms with Crippen LogP contribution in [0.2, 0.25) is 0 Å². The van der Waals surface area contributed by atoms with Crippen molar-refractivity contribution in [2.45, 2.75) is 57.0 Å². The Balaban J connectivity index is 0.00000108. The number of benzene rings is 1. The van der Waals surface area contributed by atoms with E-state index in [2.05, 4.69) is 36.5 Å². The van der Waals surface area contributed by atoms with Crippen molar-refractivity contribution in [2.24, 2.45) is 0 Å². The average Bonchev–Trinajstić information content (AvgIpc) is 2.70. The van der Waals surface area contributed by atoms with E-state index in [-0.39, 0.29) is 12.4 Å². The molecule has 2 aliphatic rings. The number of fused-ring (bicyclic) bond motifs is 1. The third-order valence-electron chi connectivity index (χ3n) is 4.50. The van der Waals surface area contributed by atoms with E-state index >= 15 is 0 Å². The van der Waals surface area contributed by atoms with Gasteiger partial charge in [-0.15, -0.1) is 12.4 Å². The molecule has 1 atom stereocenters. The van der Waals surface area contributed by atoms with Gasteiger partial charge in [-0.2, -0.15) is 0 Å². The zero-order valence-electron chi connectivity index (χ0n) is 10.5. The lowest BCUT2D eigenvalue weighted by Gasteiger charge is -2.30. The van der Waals surface area contributed by atoms with Crippen LogP contribution in [-0.2, 0) is 6.54 Å². The Kier molecular flexibility index (Phi) is 3.79. The van der Waals surface area contributed by atoms with Gasteiger partial charge in [0.05, 0.1) is 0 Å². The minimum absolute atomic E-state index is 0. The quantitative estimate of drug-likeness (QED) is 0.735. The van der Waals surface area contributed by atoms with E-state index in [0.29, 0.717) is 11.5 Å². The Hall–Kier alpha value is -0.530. The third-order valence-corrected chi connectivity index (χ3v) is 4.50. The Morgan fingerprint density at radius 1 is 1.18 bits per heavy atom. The number of halogens is 1. The minimum Gasteiger partial charge on any atom is -0.307 e. The largest absolute Gasteiger partial charge is 0.307 e. The standard InChI is InChI=1S/C15H21N.ClH/c1-12-10-15(8-4-5-9-15)16-11-13-6-2-3-7-14(12)13;/h2-3,6-7,12,16H,4-5,8-11H2,1H3;1H. The average molecular weight is 252 g/mol. The van der Waals surface area contributed by atoms with Gasteiger partial charge in [0.1, 0.15) is 0 Å². The molecule has 0 radical (unpaired) electrons. The molecule has 1 aromatic rings.